The average Bonchev–Trinajstić information content (AvgIpc) is 2.48. The van der Waals surface area contributed by atoms with Gasteiger partial charge in [0.25, 0.3) is 0 Å². The Balaban J connectivity index is 1.81. The van der Waals surface area contributed by atoms with Gasteiger partial charge in [0.1, 0.15) is 5.15 Å². The second-order valence-electron chi connectivity index (χ2n) is 4.32. The zero-order chi connectivity index (χ0) is 13.8. The first-order chi connectivity index (χ1) is 9.83. The number of halogens is 1. The van der Waals surface area contributed by atoms with Gasteiger partial charge in [0, 0.05) is 11.6 Å². The lowest BCUT2D eigenvalue weighted by atomic mass is 10.1. The molecule has 0 aliphatic heterocycles. The molecule has 0 aliphatic carbocycles. The Morgan fingerprint density at radius 2 is 1.90 bits per heavy atom. The van der Waals surface area contributed by atoms with E-state index in [1.54, 1.807) is 12.4 Å². The molecule has 1 N–H and O–H groups in total. The second kappa shape index (κ2) is 5.72. The van der Waals surface area contributed by atoms with Gasteiger partial charge in [0.05, 0.1) is 11.9 Å². The number of para-hydroxylation sites is 1. The van der Waals surface area contributed by atoms with Gasteiger partial charge in [-0.05, 0) is 35.2 Å². The van der Waals surface area contributed by atoms with E-state index >= 15 is 0 Å². The van der Waals surface area contributed by atoms with Gasteiger partial charge in [-0.2, -0.15) is 5.10 Å². The van der Waals surface area contributed by atoms with Crippen LogP contribution in [0.15, 0.2) is 65.9 Å². The van der Waals surface area contributed by atoms with Gasteiger partial charge in [0.2, 0.25) is 0 Å². The Morgan fingerprint density at radius 1 is 1.05 bits per heavy atom. The minimum Gasteiger partial charge on any atom is -0.279 e. The Labute approximate surface area is 121 Å². The van der Waals surface area contributed by atoms with Crippen molar-refractivity contribution in [1.29, 1.82) is 0 Å². The van der Waals surface area contributed by atoms with Crippen LogP contribution in [0.4, 0.5) is 5.69 Å². The summed E-state index contributed by atoms with van der Waals surface area (Å²) < 4.78 is 0. The van der Waals surface area contributed by atoms with E-state index in [4.69, 9.17) is 11.6 Å². The van der Waals surface area contributed by atoms with E-state index in [9.17, 15) is 0 Å². The molecule has 3 aromatic rings. The van der Waals surface area contributed by atoms with Gasteiger partial charge < -0.3 is 0 Å². The molecule has 98 valence electrons. The maximum Gasteiger partial charge on any atom is 0.136 e. The molecule has 0 unspecified atom stereocenters. The first-order valence-corrected chi connectivity index (χ1v) is 6.59. The number of benzene rings is 2. The topological polar surface area (TPSA) is 37.3 Å². The fourth-order valence-electron chi connectivity index (χ4n) is 1.93. The summed E-state index contributed by atoms with van der Waals surface area (Å²) in [4.78, 5) is 4.06. The van der Waals surface area contributed by atoms with E-state index in [0.717, 1.165) is 22.0 Å². The van der Waals surface area contributed by atoms with E-state index in [0.29, 0.717) is 5.15 Å². The molecule has 0 saturated carbocycles. The van der Waals surface area contributed by atoms with Crippen LogP contribution < -0.4 is 5.43 Å². The molecule has 0 atom stereocenters. The molecule has 1 heterocycles. The summed E-state index contributed by atoms with van der Waals surface area (Å²) in [6.45, 7) is 0. The Kier molecular flexibility index (Phi) is 3.61. The number of hydrogen-bond donors (Lipinski definition) is 1. The lowest BCUT2D eigenvalue weighted by Crippen LogP contribution is -1.90. The number of nitrogens with one attached hydrogen (secondary N) is 1. The largest absolute Gasteiger partial charge is 0.279 e. The zero-order valence-electron chi connectivity index (χ0n) is 10.6. The van der Waals surface area contributed by atoms with Gasteiger partial charge in [-0.25, -0.2) is 4.98 Å². The number of pyridine rings is 1. The summed E-state index contributed by atoms with van der Waals surface area (Å²) in [5.74, 6) is 0. The molecule has 2 aromatic carbocycles. The smallest absolute Gasteiger partial charge is 0.136 e. The average molecular weight is 282 g/mol. The minimum absolute atomic E-state index is 0.522. The van der Waals surface area contributed by atoms with Gasteiger partial charge in [-0.15, -0.1) is 0 Å². The molecule has 0 amide bonds. The Hall–Kier alpha value is -2.39. The van der Waals surface area contributed by atoms with Crippen molar-refractivity contribution in [1.82, 2.24) is 4.98 Å². The summed E-state index contributed by atoms with van der Waals surface area (Å²) in [7, 11) is 0. The van der Waals surface area contributed by atoms with Crippen LogP contribution in [-0.4, -0.2) is 11.2 Å². The quantitative estimate of drug-likeness (QED) is 0.441. The van der Waals surface area contributed by atoms with Crippen molar-refractivity contribution in [3.63, 3.8) is 0 Å². The molecule has 1 aromatic heterocycles. The van der Waals surface area contributed by atoms with Crippen molar-refractivity contribution >= 4 is 34.3 Å². The normalized spacial score (nSPS) is 11.1. The standard InChI is InChI=1S/C16H12ClN3/c17-16-15-7-6-12(10-13(15)8-9-18-16)11-19-20-14-4-2-1-3-5-14/h1-11,20H. The Morgan fingerprint density at radius 3 is 2.75 bits per heavy atom. The Bertz CT molecular complexity index is 754. The van der Waals surface area contributed by atoms with E-state index in [-0.39, 0.29) is 0 Å². The number of hydrogen-bond acceptors (Lipinski definition) is 3. The highest BCUT2D eigenvalue weighted by Gasteiger charge is 1.99. The summed E-state index contributed by atoms with van der Waals surface area (Å²) in [6.07, 6.45) is 3.48. The molecular weight excluding hydrogens is 270 g/mol. The predicted octanol–water partition coefficient (Wildman–Crippen LogP) is 4.33. The minimum atomic E-state index is 0.522. The lowest BCUT2D eigenvalue weighted by Gasteiger charge is -2.01. The van der Waals surface area contributed by atoms with Gasteiger partial charge in [-0.1, -0.05) is 41.9 Å². The van der Waals surface area contributed by atoms with Crippen LogP contribution in [-0.2, 0) is 0 Å². The van der Waals surface area contributed by atoms with Crippen LogP contribution in [0.5, 0.6) is 0 Å². The SMILES string of the molecule is Clc1nccc2cc(C=NNc3ccccc3)ccc12. The van der Waals surface area contributed by atoms with Crippen molar-refractivity contribution in [3.8, 4) is 0 Å². The number of fused-ring (bicyclic) bond motifs is 1. The number of rotatable bonds is 3. The third kappa shape index (κ3) is 2.78. The van der Waals surface area contributed by atoms with Crippen molar-refractivity contribution in [3.05, 3.63) is 71.5 Å². The van der Waals surface area contributed by atoms with E-state index < -0.39 is 0 Å². The van der Waals surface area contributed by atoms with Gasteiger partial charge in [0.15, 0.2) is 0 Å². The molecule has 4 heteroatoms. The van der Waals surface area contributed by atoms with Crippen LogP contribution in [0.1, 0.15) is 5.56 Å². The van der Waals surface area contributed by atoms with Crippen LogP contribution in [0.3, 0.4) is 0 Å². The molecule has 3 rings (SSSR count). The fraction of sp³-hybridized carbons (Fsp3) is 0. The van der Waals surface area contributed by atoms with Crippen molar-refractivity contribution < 1.29 is 0 Å². The molecule has 0 spiro atoms. The molecule has 3 nitrogen and oxygen atoms in total. The summed E-state index contributed by atoms with van der Waals surface area (Å²) in [5.41, 5.74) is 4.94. The van der Waals surface area contributed by atoms with Crippen LogP contribution in [0.25, 0.3) is 10.8 Å². The van der Waals surface area contributed by atoms with Crippen molar-refractivity contribution in [2.75, 3.05) is 5.43 Å². The van der Waals surface area contributed by atoms with Crippen molar-refractivity contribution in [2.24, 2.45) is 5.10 Å². The maximum atomic E-state index is 6.04. The third-order valence-electron chi connectivity index (χ3n) is 2.92. The first kappa shape index (κ1) is 12.6. The highest BCUT2D eigenvalue weighted by molar-refractivity contribution is 6.34. The van der Waals surface area contributed by atoms with E-state index in [1.807, 2.05) is 54.6 Å². The molecule has 0 bridgehead atoms. The highest BCUT2D eigenvalue weighted by atomic mass is 35.5. The van der Waals surface area contributed by atoms with Gasteiger partial charge >= 0.3 is 0 Å². The molecule has 0 aliphatic rings. The second-order valence-corrected chi connectivity index (χ2v) is 4.68. The third-order valence-corrected chi connectivity index (χ3v) is 3.22. The van der Waals surface area contributed by atoms with E-state index in [1.165, 1.54) is 0 Å². The number of nitrogens with zero attached hydrogens (tertiary/aromatic N) is 2. The zero-order valence-corrected chi connectivity index (χ0v) is 11.4. The molecule has 0 fully saturated rings. The molecule has 0 saturated heterocycles. The lowest BCUT2D eigenvalue weighted by molar-refractivity contribution is 1.35. The van der Waals surface area contributed by atoms with Gasteiger partial charge in [-0.3, -0.25) is 5.43 Å². The molecule has 20 heavy (non-hydrogen) atoms. The highest BCUT2D eigenvalue weighted by Crippen LogP contribution is 2.21. The number of hydrazone groups is 1. The monoisotopic (exact) mass is 281 g/mol. The predicted molar refractivity (Wildman–Crippen MR) is 84.4 cm³/mol. The molecule has 0 radical (unpaired) electrons. The number of anilines is 1. The van der Waals surface area contributed by atoms with Crippen LogP contribution >= 0.6 is 11.6 Å². The van der Waals surface area contributed by atoms with Crippen LogP contribution in [0.2, 0.25) is 5.15 Å². The maximum absolute atomic E-state index is 6.04. The summed E-state index contributed by atoms with van der Waals surface area (Å²) >= 11 is 6.04. The molecular formula is C16H12ClN3. The summed E-state index contributed by atoms with van der Waals surface area (Å²) in [5, 5.41) is 6.74. The number of aromatic nitrogens is 1. The van der Waals surface area contributed by atoms with Crippen molar-refractivity contribution in [2.45, 2.75) is 0 Å². The van der Waals surface area contributed by atoms with Crippen LogP contribution in [0, 0.1) is 0 Å². The van der Waals surface area contributed by atoms with E-state index in [2.05, 4.69) is 15.5 Å². The first-order valence-electron chi connectivity index (χ1n) is 6.21. The fourth-order valence-corrected chi connectivity index (χ4v) is 2.16. The summed E-state index contributed by atoms with van der Waals surface area (Å²) in [6, 6.07) is 17.7.